The highest BCUT2D eigenvalue weighted by Gasteiger charge is 2.16. The molecular weight excluding hydrogens is 208 g/mol. The predicted molar refractivity (Wildman–Crippen MR) is 59.4 cm³/mol. The summed E-state index contributed by atoms with van der Waals surface area (Å²) in [5.41, 5.74) is 6.72. The molecule has 1 heterocycles. The number of aliphatic hydroxyl groups is 1. The molecule has 1 atom stereocenters. The number of hydrogen-bond acceptors (Lipinski definition) is 5. The Morgan fingerprint density at radius 1 is 1.38 bits per heavy atom. The summed E-state index contributed by atoms with van der Waals surface area (Å²) in [6.45, 7) is 1.37. The minimum atomic E-state index is 0.0293. The zero-order valence-electron chi connectivity index (χ0n) is 8.98. The van der Waals surface area contributed by atoms with E-state index in [2.05, 4.69) is 5.32 Å². The van der Waals surface area contributed by atoms with Gasteiger partial charge in [0.25, 0.3) is 0 Å². The Kier molecular flexibility index (Phi) is 3.61. The molecule has 0 spiro atoms. The second kappa shape index (κ2) is 5.16. The van der Waals surface area contributed by atoms with Crippen LogP contribution in [0.2, 0.25) is 0 Å². The normalized spacial score (nSPS) is 15.1. The minimum Gasteiger partial charge on any atom is -0.454 e. The second-order valence-corrected chi connectivity index (χ2v) is 3.58. The minimum absolute atomic E-state index is 0.0293. The number of nitrogens with one attached hydrogen (secondary N) is 1. The molecule has 0 bridgehead atoms. The van der Waals surface area contributed by atoms with E-state index in [-0.39, 0.29) is 19.4 Å². The van der Waals surface area contributed by atoms with E-state index in [9.17, 15) is 0 Å². The third-order valence-corrected chi connectivity index (χ3v) is 2.54. The van der Waals surface area contributed by atoms with Gasteiger partial charge in [0.05, 0.1) is 6.61 Å². The number of benzene rings is 1. The molecule has 1 aromatic carbocycles. The Hall–Kier alpha value is -1.30. The number of aliphatic hydroxyl groups excluding tert-OH is 1. The first kappa shape index (κ1) is 11.2. The van der Waals surface area contributed by atoms with Crippen molar-refractivity contribution < 1.29 is 14.6 Å². The van der Waals surface area contributed by atoms with Crippen LogP contribution in [-0.2, 0) is 0 Å². The van der Waals surface area contributed by atoms with Crippen LogP contribution in [0.4, 0.5) is 0 Å². The van der Waals surface area contributed by atoms with Crippen molar-refractivity contribution in [1.82, 2.24) is 5.32 Å². The molecule has 4 N–H and O–H groups in total. The highest BCUT2D eigenvalue weighted by molar-refractivity contribution is 5.45. The van der Waals surface area contributed by atoms with Crippen LogP contribution >= 0.6 is 0 Å². The summed E-state index contributed by atoms with van der Waals surface area (Å²) in [6, 6.07) is 5.78. The van der Waals surface area contributed by atoms with Crippen molar-refractivity contribution >= 4 is 0 Å². The van der Waals surface area contributed by atoms with Crippen molar-refractivity contribution in [1.29, 1.82) is 0 Å². The maximum absolute atomic E-state index is 8.76. The summed E-state index contributed by atoms with van der Waals surface area (Å²) in [6.07, 6.45) is 0. The maximum Gasteiger partial charge on any atom is 0.231 e. The Morgan fingerprint density at radius 2 is 2.19 bits per heavy atom. The van der Waals surface area contributed by atoms with Crippen molar-refractivity contribution in [2.45, 2.75) is 6.04 Å². The number of ether oxygens (including phenoxy) is 2. The molecule has 0 saturated carbocycles. The van der Waals surface area contributed by atoms with Crippen LogP contribution in [0, 0.1) is 0 Å². The van der Waals surface area contributed by atoms with Gasteiger partial charge in [-0.15, -0.1) is 0 Å². The Balaban J connectivity index is 2.12. The highest BCUT2D eigenvalue weighted by atomic mass is 16.7. The van der Waals surface area contributed by atoms with E-state index in [0.29, 0.717) is 13.1 Å². The van der Waals surface area contributed by atoms with Gasteiger partial charge in [-0.25, -0.2) is 0 Å². The summed E-state index contributed by atoms with van der Waals surface area (Å²) in [4.78, 5) is 0. The van der Waals surface area contributed by atoms with Crippen LogP contribution < -0.4 is 20.5 Å². The summed E-state index contributed by atoms with van der Waals surface area (Å²) in [5, 5.41) is 11.9. The molecule has 0 amide bonds. The van der Waals surface area contributed by atoms with Crippen LogP contribution in [0.1, 0.15) is 11.6 Å². The molecule has 1 unspecified atom stereocenters. The lowest BCUT2D eigenvalue weighted by molar-refractivity contribution is 0.174. The maximum atomic E-state index is 8.76. The Labute approximate surface area is 94.2 Å². The molecule has 0 aliphatic carbocycles. The smallest absolute Gasteiger partial charge is 0.231 e. The standard InChI is InChI=1S/C11H16N2O3/c12-6-9(13-3-4-14)8-1-2-10-11(5-8)16-7-15-10/h1-2,5,9,13-14H,3-4,6-7,12H2. The van der Waals surface area contributed by atoms with Gasteiger partial charge < -0.3 is 25.6 Å². The van der Waals surface area contributed by atoms with Gasteiger partial charge in [-0.3, -0.25) is 0 Å². The van der Waals surface area contributed by atoms with Gasteiger partial charge in [0.15, 0.2) is 11.5 Å². The van der Waals surface area contributed by atoms with Crippen LogP contribution in [0.15, 0.2) is 18.2 Å². The molecule has 16 heavy (non-hydrogen) atoms. The molecule has 2 rings (SSSR count). The molecule has 5 nitrogen and oxygen atoms in total. The molecular formula is C11H16N2O3. The van der Waals surface area contributed by atoms with Crippen molar-refractivity contribution in [3.05, 3.63) is 23.8 Å². The van der Waals surface area contributed by atoms with Gasteiger partial charge in [-0.1, -0.05) is 6.07 Å². The molecule has 0 aromatic heterocycles. The van der Waals surface area contributed by atoms with Crippen molar-refractivity contribution in [3.63, 3.8) is 0 Å². The zero-order chi connectivity index (χ0) is 11.4. The largest absolute Gasteiger partial charge is 0.454 e. The van der Waals surface area contributed by atoms with E-state index in [1.807, 2.05) is 18.2 Å². The number of rotatable bonds is 5. The first-order valence-corrected chi connectivity index (χ1v) is 5.29. The lowest BCUT2D eigenvalue weighted by atomic mass is 10.1. The predicted octanol–water partition coefficient (Wildman–Crippen LogP) is -0.00300. The van der Waals surface area contributed by atoms with Gasteiger partial charge in [0, 0.05) is 19.1 Å². The monoisotopic (exact) mass is 224 g/mol. The fraction of sp³-hybridized carbons (Fsp3) is 0.455. The molecule has 1 aliphatic heterocycles. The van der Waals surface area contributed by atoms with E-state index in [1.54, 1.807) is 0 Å². The summed E-state index contributed by atoms with van der Waals surface area (Å²) >= 11 is 0. The number of hydrogen-bond donors (Lipinski definition) is 3. The third-order valence-electron chi connectivity index (χ3n) is 2.54. The quantitative estimate of drug-likeness (QED) is 0.656. The lowest BCUT2D eigenvalue weighted by Gasteiger charge is -2.16. The van der Waals surface area contributed by atoms with Crippen molar-refractivity contribution in [3.8, 4) is 11.5 Å². The van der Waals surface area contributed by atoms with Gasteiger partial charge >= 0.3 is 0 Å². The van der Waals surface area contributed by atoms with Crippen LogP contribution in [0.25, 0.3) is 0 Å². The van der Waals surface area contributed by atoms with E-state index in [1.165, 1.54) is 0 Å². The van der Waals surface area contributed by atoms with Gasteiger partial charge in [-0.05, 0) is 17.7 Å². The molecule has 5 heteroatoms. The SMILES string of the molecule is NCC(NCCO)c1ccc2c(c1)OCO2. The molecule has 88 valence electrons. The van der Waals surface area contributed by atoms with Gasteiger partial charge in [0.1, 0.15) is 0 Å². The fourth-order valence-electron chi connectivity index (χ4n) is 1.71. The van der Waals surface area contributed by atoms with Gasteiger partial charge in [-0.2, -0.15) is 0 Å². The zero-order valence-corrected chi connectivity index (χ0v) is 8.98. The number of fused-ring (bicyclic) bond motifs is 1. The average Bonchev–Trinajstić information content (AvgIpc) is 2.77. The van der Waals surface area contributed by atoms with E-state index in [4.69, 9.17) is 20.3 Å². The Morgan fingerprint density at radius 3 is 2.94 bits per heavy atom. The lowest BCUT2D eigenvalue weighted by Crippen LogP contribution is -2.30. The molecule has 0 fully saturated rings. The molecule has 1 aromatic rings. The van der Waals surface area contributed by atoms with Crippen molar-refractivity contribution in [2.24, 2.45) is 5.73 Å². The van der Waals surface area contributed by atoms with Crippen LogP contribution in [0.5, 0.6) is 11.5 Å². The molecule has 0 saturated heterocycles. The Bertz CT molecular complexity index is 357. The first-order chi connectivity index (χ1) is 7.85. The topological polar surface area (TPSA) is 76.7 Å². The summed E-state index contributed by atoms with van der Waals surface area (Å²) < 4.78 is 10.5. The fourth-order valence-corrected chi connectivity index (χ4v) is 1.71. The summed E-state index contributed by atoms with van der Waals surface area (Å²) in [7, 11) is 0. The van der Waals surface area contributed by atoms with Crippen LogP contribution in [0.3, 0.4) is 0 Å². The third kappa shape index (κ3) is 2.27. The average molecular weight is 224 g/mol. The first-order valence-electron chi connectivity index (χ1n) is 5.29. The highest BCUT2D eigenvalue weighted by Crippen LogP contribution is 2.33. The van der Waals surface area contributed by atoms with Gasteiger partial charge in [0.2, 0.25) is 6.79 Å². The van der Waals surface area contributed by atoms with E-state index < -0.39 is 0 Å². The van der Waals surface area contributed by atoms with E-state index in [0.717, 1.165) is 17.1 Å². The molecule has 0 radical (unpaired) electrons. The second-order valence-electron chi connectivity index (χ2n) is 3.58. The van der Waals surface area contributed by atoms with E-state index >= 15 is 0 Å². The number of nitrogens with two attached hydrogens (primary N) is 1. The van der Waals surface area contributed by atoms with Crippen molar-refractivity contribution in [2.75, 3.05) is 26.5 Å². The van der Waals surface area contributed by atoms with Crippen LogP contribution in [-0.4, -0.2) is 31.6 Å². The molecule has 1 aliphatic rings. The summed E-state index contributed by atoms with van der Waals surface area (Å²) in [5.74, 6) is 1.52.